The Balaban J connectivity index is 1.66. The summed E-state index contributed by atoms with van der Waals surface area (Å²) in [5.74, 6) is 0.207. The van der Waals surface area contributed by atoms with Gasteiger partial charge < -0.3 is 19.8 Å². The molecule has 8 nitrogen and oxygen atoms in total. The summed E-state index contributed by atoms with van der Waals surface area (Å²) in [6.07, 6.45) is 4.30. The topological polar surface area (TPSA) is 106 Å². The van der Waals surface area contributed by atoms with Crippen molar-refractivity contribution in [3.05, 3.63) is 72.1 Å². The molecule has 26 heavy (non-hydrogen) atoms. The molecule has 0 aliphatic carbocycles. The van der Waals surface area contributed by atoms with E-state index in [0.717, 1.165) is 0 Å². The average Bonchev–Trinajstić information content (AvgIpc) is 3.20. The van der Waals surface area contributed by atoms with Gasteiger partial charge in [0.15, 0.2) is 0 Å². The molecule has 2 heterocycles. The molecule has 0 aliphatic heterocycles. The average molecular weight is 352 g/mol. The Morgan fingerprint density at radius 3 is 2.65 bits per heavy atom. The van der Waals surface area contributed by atoms with Gasteiger partial charge in [-0.25, -0.2) is 14.8 Å². The number of furan rings is 1. The van der Waals surface area contributed by atoms with Crippen molar-refractivity contribution >= 4 is 23.4 Å². The lowest BCUT2D eigenvalue weighted by atomic mass is 10.2. The third kappa shape index (κ3) is 4.04. The van der Waals surface area contributed by atoms with E-state index in [-0.39, 0.29) is 18.1 Å². The zero-order chi connectivity index (χ0) is 18.4. The summed E-state index contributed by atoms with van der Waals surface area (Å²) in [6.45, 7) is 0.264. The van der Waals surface area contributed by atoms with Crippen molar-refractivity contribution in [2.24, 2.45) is 0 Å². The first-order valence-electron chi connectivity index (χ1n) is 7.74. The summed E-state index contributed by atoms with van der Waals surface area (Å²) in [7, 11) is 1.31. The van der Waals surface area contributed by atoms with Crippen LogP contribution >= 0.6 is 0 Å². The van der Waals surface area contributed by atoms with E-state index < -0.39 is 5.97 Å². The number of nitrogens with one attached hydrogen (secondary N) is 2. The van der Waals surface area contributed by atoms with E-state index in [9.17, 15) is 9.59 Å². The lowest BCUT2D eigenvalue weighted by Gasteiger charge is -2.10. The molecule has 3 aromatic rings. The first kappa shape index (κ1) is 17.2. The van der Waals surface area contributed by atoms with Crippen LogP contribution in [0.1, 0.15) is 26.6 Å². The van der Waals surface area contributed by atoms with Crippen LogP contribution in [0.5, 0.6) is 0 Å². The first-order chi connectivity index (χ1) is 12.7. The molecule has 132 valence electrons. The zero-order valence-electron chi connectivity index (χ0n) is 13.9. The third-order valence-electron chi connectivity index (χ3n) is 3.48. The van der Waals surface area contributed by atoms with Gasteiger partial charge in [0, 0.05) is 0 Å². The number of methoxy groups -OCH3 is 1. The summed E-state index contributed by atoms with van der Waals surface area (Å²) < 4.78 is 9.89. The number of benzene rings is 1. The standard InChI is InChI=1S/C18H16N4O4/c1-25-18(24)13-6-2-3-7-14(13)22-16-11-19-15(10-20-16)17(23)21-9-12-5-4-8-26-12/h2-8,10-11H,9H2,1H3,(H,20,22)(H,21,23). The van der Waals surface area contributed by atoms with Crippen molar-refractivity contribution < 1.29 is 18.7 Å². The predicted molar refractivity (Wildman–Crippen MR) is 93.0 cm³/mol. The van der Waals surface area contributed by atoms with Gasteiger partial charge >= 0.3 is 5.97 Å². The number of ether oxygens (including phenoxy) is 1. The Hall–Kier alpha value is -3.68. The molecule has 0 saturated carbocycles. The highest BCUT2D eigenvalue weighted by Crippen LogP contribution is 2.19. The van der Waals surface area contributed by atoms with Crippen LogP contribution in [0.3, 0.4) is 0 Å². The van der Waals surface area contributed by atoms with Crippen LogP contribution in [0.15, 0.2) is 59.5 Å². The minimum absolute atomic E-state index is 0.170. The normalized spacial score (nSPS) is 10.2. The number of nitrogens with zero attached hydrogens (tertiary/aromatic N) is 2. The summed E-state index contributed by atoms with van der Waals surface area (Å²) in [6, 6.07) is 10.4. The molecule has 8 heteroatoms. The Kier molecular flexibility index (Phi) is 5.23. The molecule has 0 saturated heterocycles. The van der Waals surface area contributed by atoms with Gasteiger partial charge in [-0.2, -0.15) is 0 Å². The molecule has 0 fully saturated rings. The lowest BCUT2D eigenvalue weighted by Crippen LogP contribution is -2.23. The second-order valence-corrected chi connectivity index (χ2v) is 5.21. The fourth-order valence-electron chi connectivity index (χ4n) is 2.20. The van der Waals surface area contributed by atoms with E-state index in [2.05, 4.69) is 20.6 Å². The highest BCUT2D eigenvalue weighted by atomic mass is 16.5. The van der Waals surface area contributed by atoms with Gasteiger partial charge in [-0.15, -0.1) is 0 Å². The van der Waals surface area contributed by atoms with Crippen LogP contribution in [0, 0.1) is 0 Å². The van der Waals surface area contributed by atoms with Gasteiger partial charge in [0.05, 0.1) is 43.6 Å². The van der Waals surface area contributed by atoms with Gasteiger partial charge in [-0.1, -0.05) is 12.1 Å². The van der Waals surface area contributed by atoms with Gasteiger partial charge in [-0.05, 0) is 24.3 Å². The number of para-hydroxylation sites is 1. The van der Waals surface area contributed by atoms with Crippen molar-refractivity contribution in [3.63, 3.8) is 0 Å². The smallest absolute Gasteiger partial charge is 0.339 e. The Bertz CT molecular complexity index is 892. The second kappa shape index (κ2) is 7.93. The molecule has 0 atom stereocenters. The van der Waals surface area contributed by atoms with E-state index >= 15 is 0 Å². The number of rotatable bonds is 6. The minimum Gasteiger partial charge on any atom is -0.467 e. The van der Waals surface area contributed by atoms with Gasteiger partial charge in [0.2, 0.25) is 0 Å². The Morgan fingerprint density at radius 2 is 1.96 bits per heavy atom. The quantitative estimate of drug-likeness (QED) is 0.657. The lowest BCUT2D eigenvalue weighted by molar-refractivity contribution is 0.0601. The molecule has 0 radical (unpaired) electrons. The minimum atomic E-state index is -0.463. The highest BCUT2D eigenvalue weighted by molar-refractivity contribution is 5.96. The van der Waals surface area contributed by atoms with Crippen LogP contribution in [-0.4, -0.2) is 29.0 Å². The van der Waals surface area contributed by atoms with Gasteiger partial charge in [-0.3, -0.25) is 4.79 Å². The molecule has 0 bridgehead atoms. The van der Waals surface area contributed by atoms with Crippen molar-refractivity contribution in [1.82, 2.24) is 15.3 Å². The van der Waals surface area contributed by atoms with Crippen LogP contribution in [-0.2, 0) is 11.3 Å². The molecule has 2 N–H and O–H groups in total. The number of amides is 1. The second-order valence-electron chi connectivity index (χ2n) is 5.21. The summed E-state index contributed by atoms with van der Waals surface area (Å²) in [5, 5.41) is 5.67. The van der Waals surface area contributed by atoms with Crippen molar-refractivity contribution in [1.29, 1.82) is 0 Å². The van der Waals surface area contributed by atoms with Crippen molar-refractivity contribution in [2.45, 2.75) is 6.54 Å². The fraction of sp³-hybridized carbons (Fsp3) is 0.111. The molecule has 3 rings (SSSR count). The maximum atomic E-state index is 12.1. The highest BCUT2D eigenvalue weighted by Gasteiger charge is 2.12. The van der Waals surface area contributed by atoms with Crippen LogP contribution < -0.4 is 10.6 Å². The summed E-state index contributed by atoms with van der Waals surface area (Å²) in [5.41, 5.74) is 1.07. The number of hydrogen-bond acceptors (Lipinski definition) is 7. The molecule has 0 spiro atoms. The maximum Gasteiger partial charge on any atom is 0.339 e. The van der Waals surface area contributed by atoms with E-state index in [4.69, 9.17) is 9.15 Å². The Labute approximate surface area is 149 Å². The zero-order valence-corrected chi connectivity index (χ0v) is 13.9. The Morgan fingerprint density at radius 1 is 1.12 bits per heavy atom. The number of hydrogen-bond donors (Lipinski definition) is 2. The number of aromatic nitrogens is 2. The first-order valence-corrected chi connectivity index (χ1v) is 7.74. The molecule has 0 aliphatic rings. The number of anilines is 2. The monoisotopic (exact) mass is 352 g/mol. The molecule has 1 amide bonds. The number of carbonyl (C=O) groups excluding carboxylic acids is 2. The van der Waals surface area contributed by atoms with E-state index in [1.807, 2.05) is 0 Å². The van der Waals surface area contributed by atoms with Crippen LogP contribution in [0.2, 0.25) is 0 Å². The third-order valence-corrected chi connectivity index (χ3v) is 3.48. The van der Waals surface area contributed by atoms with Crippen LogP contribution in [0.4, 0.5) is 11.5 Å². The molecular formula is C18H16N4O4. The molecule has 2 aromatic heterocycles. The number of esters is 1. The SMILES string of the molecule is COC(=O)c1ccccc1Nc1cnc(C(=O)NCc2ccco2)cn1. The maximum absolute atomic E-state index is 12.1. The predicted octanol–water partition coefficient (Wildman–Crippen LogP) is 2.53. The van der Waals surface area contributed by atoms with E-state index in [0.29, 0.717) is 22.8 Å². The summed E-state index contributed by atoms with van der Waals surface area (Å²) in [4.78, 5) is 32.1. The van der Waals surface area contributed by atoms with Crippen molar-refractivity contribution in [2.75, 3.05) is 12.4 Å². The van der Waals surface area contributed by atoms with Gasteiger partial charge in [0.25, 0.3) is 5.91 Å². The molecule has 1 aromatic carbocycles. The summed E-state index contributed by atoms with van der Waals surface area (Å²) >= 11 is 0. The van der Waals surface area contributed by atoms with Gasteiger partial charge in [0.1, 0.15) is 17.3 Å². The van der Waals surface area contributed by atoms with E-state index in [1.54, 1.807) is 36.4 Å². The molecule has 0 unspecified atom stereocenters. The molecular weight excluding hydrogens is 336 g/mol. The van der Waals surface area contributed by atoms with Crippen molar-refractivity contribution in [3.8, 4) is 0 Å². The fourth-order valence-corrected chi connectivity index (χ4v) is 2.20. The largest absolute Gasteiger partial charge is 0.467 e. The van der Waals surface area contributed by atoms with Crippen LogP contribution in [0.25, 0.3) is 0 Å². The van der Waals surface area contributed by atoms with E-state index in [1.165, 1.54) is 25.8 Å². The number of carbonyl (C=O) groups is 2.